The van der Waals surface area contributed by atoms with Gasteiger partial charge in [-0.25, -0.2) is 0 Å². The fourth-order valence-corrected chi connectivity index (χ4v) is 1.27. The maximum Gasteiger partial charge on any atom is 0.267 e. The van der Waals surface area contributed by atoms with Crippen LogP contribution in [0, 0.1) is 0 Å². The van der Waals surface area contributed by atoms with Crippen molar-refractivity contribution in [2.45, 2.75) is 6.42 Å². The summed E-state index contributed by atoms with van der Waals surface area (Å²) >= 11 is 0. The molecule has 0 aliphatic carbocycles. The van der Waals surface area contributed by atoms with E-state index in [0.29, 0.717) is 12.4 Å². The molecule has 0 atom stereocenters. The van der Waals surface area contributed by atoms with Crippen LogP contribution in [0.2, 0.25) is 0 Å². The van der Waals surface area contributed by atoms with Crippen LogP contribution in [0.15, 0.2) is 16.3 Å². The van der Waals surface area contributed by atoms with E-state index in [4.69, 9.17) is 0 Å². The van der Waals surface area contributed by atoms with Gasteiger partial charge in [-0.1, -0.05) is 0 Å². The fraction of sp³-hybridized carbons (Fsp3) is 0.429. The van der Waals surface area contributed by atoms with Gasteiger partial charge in [0, 0.05) is 18.3 Å². The molecule has 0 fully saturated rings. The summed E-state index contributed by atoms with van der Waals surface area (Å²) in [6, 6.07) is 0. The molecule has 0 bridgehead atoms. The van der Waals surface area contributed by atoms with Gasteiger partial charge in [-0.2, -0.15) is 0 Å². The Morgan fingerprint density at radius 3 is 3.18 bits per heavy atom. The molecule has 2 N–H and O–H groups in total. The molecule has 0 saturated heterocycles. The number of amides is 1. The van der Waals surface area contributed by atoms with Crippen LogP contribution in [-0.2, 0) is 4.79 Å². The molecule has 0 saturated carbocycles. The van der Waals surface area contributed by atoms with Gasteiger partial charge in [0.25, 0.3) is 5.91 Å². The van der Waals surface area contributed by atoms with Crippen LogP contribution in [0.25, 0.3) is 0 Å². The Morgan fingerprint density at radius 1 is 1.45 bits per heavy atom. The van der Waals surface area contributed by atoms with Crippen molar-refractivity contribution < 1.29 is 4.79 Å². The van der Waals surface area contributed by atoms with Crippen molar-refractivity contribution in [3.63, 3.8) is 0 Å². The van der Waals surface area contributed by atoms with Gasteiger partial charge in [0.05, 0.1) is 0 Å². The smallest absolute Gasteiger partial charge is 0.267 e. The van der Waals surface area contributed by atoms with Crippen molar-refractivity contribution in [2.24, 2.45) is 4.99 Å². The monoisotopic (exact) mass is 151 g/mol. The average molecular weight is 151 g/mol. The van der Waals surface area contributed by atoms with Gasteiger partial charge < -0.3 is 10.6 Å². The highest BCUT2D eigenvalue weighted by atomic mass is 16.2. The summed E-state index contributed by atoms with van der Waals surface area (Å²) in [4.78, 5) is 15.2. The number of carbonyl (C=O) groups excluding carboxylic acids is 1. The highest BCUT2D eigenvalue weighted by molar-refractivity contribution is 6.01. The molecule has 2 rings (SSSR count). The van der Waals surface area contributed by atoms with Crippen LogP contribution >= 0.6 is 0 Å². The van der Waals surface area contributed by atoms with Crippen LogP contribution in [0.1, 0.15) is 6.42 Å². The van der Waals surface area contributed by atoms with Crippen molar-refractivity contribution in [3.05, 3.63) is 11.3 Å². The minimum atomic E-state index is -0.00241. The molecule has 11 heavy (non-hydrogen) atoms. The van der Waals surface area contributed by atoms with Crippen molar-refractivity contribution >= 4 is 12.1 Å². The Bertz CT molecular complexity index is 254. The summed E-state index contributed by atoms with van der Waals surface area (Å²) in [6.45, 7) is 1.25. The molecular formula is C7H9N3O. The highest BCUT2D eigenvalue weighted by Crippen LogP contribution is 2.11. The van der Waals surface area contributed by atoms with Crippen molar-refractivity contribution in [2.75, 3.05) is 13.2 Å². The van der Waals surface area contributed by atoms with E-state index in [1.54, 1.807) is 6.21 Å². The topological polar surface area (TPSA) is 53.5 Å². The third-order valence-corrected chi connectivity index (χ3v) is 1.82. The molecule has 4 heteroatoms. The molecule has 0 spiro atoms. The lowest BCUT2D eigenvalue weighted by Crippen LogP contribution is -2.39. The van der Waals surface area contributed by atoms with E-state index in [0.717, 1.165) is 18.5 Å². The Morgan fingerprint density at radius 2 is 2.36 bits per heavy atom. The Labute approximate surface area is 64.4 Å². The van der Waals surface area contributed by atoms with Gasteiger partial charge in [0.2, 0.25) is 0 Å². The SMILES string of the molecule is O=C1NCCC2=C1NCN=C2. The number of carbonyl (C=O) groups is 1. The number of nitrogens with zero attached hydrogens (tertiary/aromatic N) is 1. The summed E-state index contributed by atoms with van der Waals surface area (Å²) in [5, 5.41) is 5.70. The molecule has 0 aromatic rings. The lowest BCUT2D eigenvalue weighted by Gasteiger charge is -2.21. The second kappa shape index (κ2) is 2.38. The van der Waals surface area contributed by atoms with E-state index in [-0.39, 0.29) is 5.91 Å². The second-order valence-electron chi connectivity index (χ2n) is 2.55. The zero-order chi connectivity index (χ0) is 7.68. The summed E-state index contributed by atoms with van der Waals surface area (Å²) in [5.74, 6) is -0.00241. The van der Waals surface area contributed by atoms with E-state index in [2.05, 4.69) is 15.6 Å². The molecule has 4 nitrogen and oxygen atoms in total. The van der Waals surface area contributed by atoms with Crippen LogP contribution in [0.5, 0.6) is 0 Å². The van der Waals surface area contributed by atoms with Gasteiger partial charge >= 0.3 is 0 Å². The first-order valence-electron chi connectivity index (χ1n) is 3.63. The number of hydrogen-bond donors (Lipinski definition) is 2. The van der Waals surface area contributed by atoms with Gasteiger partial charge in [-0.05, 0) is 6.42 Å². The van der Waals surface area contributed by atoms with Gasteiger partial charge in [0.1, 0.15) is 12.4 Å². The van der Waals surface area contributed by atoms with E-state index >= 15 is 0 Å². The van der Waals surface area contributed by atoms with Crippen LogP contribution in [0.4, 0.5) is 0 Å². The maximum atomic E-state index is 11.1. The maximum absolute atomic E-state index is 11.1. The third-order valence-electron chi connectivity index (χ3n) is 1.82. The molecule has 0 radical (unpaired) electrons. The third kappa shape index (κ3) is 1.00. The molecule has 0 aromatic heterocycles. The number of rotatable bonds is 0. The normalized spacial score (nSPS) is 22.4. The van der Waals surface area contributed by atoms with E-state index in [1.165, 1.54) is 0 Å². The largest absolute Gasteiger partial charge is 0.362 e. The molecule has 58 valence electrons. The van der Waals surface area contributed by atoms with E-state index in [1.807, 2.05) is 0 Å². The highest BCUT2D eigenvalue weighted by Gasteiger charge is 2.19. The standard InChI is InChI=1S/C7H9N3O/c11-7-6-5(1-2-9-7)3-8-4-10-6/h3,10H,1-2,4H2,(H,9,11). The molecule has 0 unspecified atom stereocenters. The molecule has 0 aromatic carbocycles. The summed E-state index contributed by atoms with van der Waals surface area (Å²) in [6.07, 6.45) is 2.67. The zero-order valence-corrected chi connectivity index (χ0v) is 6.05. The minimum Gasteiger partial charge on any atom is -0.362 e. The van der Waals surface area contributed by atoms with Crippen molar-refractivity contribution in [1.29, 1.82) is 0 Å². The minimum absolute atomic E-state index is 0.00241. The Balaban J connectivity index is 2.35. The molecule has 2 heterocycles. The number of nitrogens with one attached hydrogen (secondary N) is 2. The predicted octanol–water partition coefficient (Wildman–Crippen LogP) is -0.608. The first kappa shape index (κ1) is 6.39. The molecule has 1 amide bonds. The first-order chi connectivity index (χ1) is 5.38. The van der Waals surface area contributed by atoms with E-state index < -0.39 is 0 Å². The van der Waals surface area contributed by atoms with Crippen molar-refractivity contribution in [3.8, 4) is 0 Å². The predicted molar refractivity (Wildman–Crippen MR) is 41.1 cm³/mol. The van der Waals surface area contributed by atoms with Crippen molar-refractivity contribution in [1.82, 2.24) is 10.6 Å². The first-order valence-corrected chi connectivity index (χ1v) is 3.63. The van der Waals surface area contributed by atoms with Crippen LogP contribution < -0.4 is 10.6 Å². The Hall–Kier alpha value is -1.32. The van der Waals surface area contributed by atoms with Gasteiger partial charge in [-0.15, -0.1) is 0 Å². The van der Waals surface area contributed by atoms with Crippen LogP contribution in [0.3, 0.4) is 0 Å². The number of hydrogen-bond acceptors (Lipinski definition) is 3. The summed E-state index contributed by atoms with van der Waals surface area (Å²) in [5.41, 5.74) is 1.73. The van der Waals surface area contributed by atoms with Gasteiger partial charge in [0.15, 0.2) is 0 Å². The number of aliphatic imine (C=N–C) groups is 1. The average Bonchev–Trinajstić information content (AvgIpc) is 2.06. The molecule has 2 aliphatic heterocycles. The fourth-order valence-electron chi connectivity index (χ4n) is 1.27. The lowest BCUT2D eigenvalue weighted by molar-refractivity contribution is -0.118. The zero-order valence-electron chi connectivity index (χ0n) is 6.05. The molecule has 2 aliphatic rings. The van der Waals surface area contributed by atoms with Crippen LogP contribution in [-0.4, -0.2) is 25.3 Å². The molecular weight excluding hydrogens is 142 g/mol. The quantitative estimate of drug-likeness (QED) is 0.485. The second-order valence-corrected chi connectivity index (χ2v) is 2.55. The Kier molecular flexibility index (Phi) is 1.38. The van der Waals surface area contributed by atoms with Gasteiger partial charge in [-0.3, -0.25) is 9.79 Å². The van der Waals surface area contributed by atoms with E-state index in [9.17, 15) is 4.79 Å². The summed E-state index contributed by atoms with van der Waals surface area (Å²) in [7, 11) is 0. The lowest BCUT2D eigenvalue weighted by atomic mass is 10.1. The summed E-state index contributed by atoms with van der Waals surface area (Å²) < 4.78 is 0.